The molecule has 102 valence electrons. The molecule has 2 aromatic heterocycles. The van der Waals surface area contributed by atoms with Crippen molar-refractivity contribution in [2.24, 2.45) is 7.05 Å². The van der Waals surface area contributed by atoms with E-state index in [4.69, 9.17) is 0 Å². The van der Waals surface area contributed by atoms with E-state index < -0.39 is 0 Å². The Morgan fingerprint density at radius 3 is 2.85 bits per heavy atom. The van der Waals surface area contributed by atoms with Gasteiger partial charge < -0.3 is 9.88 Å². The summed E-state index contributed by atoms with van der Waals surface area (Å²) in [4.78, 5) is 13.2. The Morgan fingerprint density at radius 1 is 1.30 bits per heavy atom. The van der Waals surface area contributed by atoms with Crippen LogP contribution in [0.1, 0.15) is 4.88 Å². The first-order chi connectivity index (χ1) is 9.66. The van der Waals surface area contributed by atoms with Gasteiger partial charge in [-0.2, -0.15) is 0 Å². The maximum atomic E-state index is 12.0. The monoisotopic (exact) mass is 348 g/mol. The lowest BCUT2D eigenvalue weighted by Crippen LogP contribution is -2.17. The van der Waals surface area contributed by atoms with Crippen LogP contribution in [0.4, 0.5) is 5.69 Å². The fourth-order valence-corrected chi connectivity index (χ4v) is 3.62. The molecule has 3 aromatic rings. The van der Waals surface area contributed by atoms with Gasteiger partial charge in [-0.15, -0.1) is 11.3 Å². The minimum absolute atomic E-state index is 0.00329. The summed E-state index contributed by atoms with van der Waals surface area (Å²) < 4.78 is 2.77. The summed E-state index contributed by atoms with van der Waals surface area (Å²) in [7, 11) is 1.80. The number of hydrogen-bond donors (Lipinski definition) is 1. The smallest absolute Gasteiger partial charge is 0.252 e. The second kappa shape index (κ2) is 5.42. The van der Waals surface area contributed by atoms with Gasteiger partial charge in [0.15, 0.2) is 0 Å². The van der Waals surface area contributed by atoms with Gasteiger partial charge in [-0.25, -0.2) is 0 Å². The summed E-state index contributed by atoms with van der Waals surface area (Å²) >= 11 is 5.21. The van der Waals surface area contributed by atoms with Crippen molar-refractivity contribution >= 4 is 43.9 Å². The number of aromatic nitrogens is 1. The predicted octanol–water partition coefficient (Wildman–Crippen LogP) is 3.97. The van der Waals surface area contributed by atoms with Crippen LogP contribution in [0.25, 0.3) is 10.9 Å². The Hall–Kier alpha value is -1.59. The van der Waals surface area contributed by atoms with E-state index in [2.05, 4.69) is 21.2 Å². The maximum Gasteiger partial charge on any atom is 0.252 e. The van der Waals surface area contributed by atoms with Gasteiger partial charge in [0, 0.05) is 33.5 Å². The number of thiophene rings is 1. The Labute approximate surface area is 129 Å². The van der Waals surface area contributed by atoms with Crippen LogP contribution < -0.4 is 10.9 Å². The molecular weight excluding hydrogens is 336 g/mol. The van der Waals surface area contributed by atoms with E-state index in [1.807, 2.05) is 35.7 Å². The molecule has 0 atom stereocenters. The number of benzene rings is 1. The molecule has 0 saturated heterocycles. The molecule has 5 heteroatoms. The van der Waals surface area contributed by atoms with E-state index in [0.717, 1.165) is 21.1 Å². The molecule has 3 rings (SSSR count). The third-order valence-electron chi connectivity index (χ3n) is 3.28. The fourth-order valence-electron chi connectivity index (χ4n) is 2.18. The van der Waals surface area contributed by atoms with E-state index >= 15 is 0 Å². The van der Waals surface area contributed by atoms with E-state index in [1.165, 1.54) is 4.88 Å². The molecule has 1 aromatic carbocycles. The average molecular weight is 349 g/mol. The second-order valence-electron chi connectivity index (χ2n) is 4.52. The summed E-state index contributed by atoms with van der Waals surface area (Å²) in [5.74, 6) is 0. The van der Waals surface area contributed by atoms with Crippen LogP contribution in [0.15, 0.2) is 51.0 Å². The highest BCUT2D eigenvalue weighted by atomic mass is 79.9. The Bertz CT molecular complexity index is 822. The molecule has 3 nitrogen and oxygen atoms in total. The van der Waals surface area contributed by atoms with Gasteiger partial charge >= 0.3 is 0 Å². The highest BCUT2D eigenvalue weighted by molar-refractivity contribution is 9.10. The number of fused-ring (bicyclic) bond motifs is 1. The molecule has 0 aliphatic heterocycles. The number of pyridine rings is 1. The summed E-state index contributed by atoms with van der Waals surface area (Å²) in [5, 5.41) is 6.47. The highest BCUT2D eigenvalue weighted by Gasteiger charge is 2.07. The third kappa shape index (κ3) is 2.39. The van der Waals surface area contributed by atoms with Gasteiger partial charge in [-0.1, -0.05) is 18.2 Å². The van der Waals surface area contributed by atoms with Crippen LogP contribution in [-0.2, 0) is 13.6 Å². The molecule has 0 aliphatic rings. The van der Waals surface area contributed by atoms with Crippen molar-refractivity contribution in [3.05, 3.63) is 61.5 Å². The Kier molecular flexibility index (Phi) is 3.63. The molecule has 1 N–H and O–H groups in total. The number of aryl methyl sites for hydroxylation is 1. The number of halogens is 1. The van der Waals surface area contributed by atoms with E-state index in [-0.39, 0.29) is 5.56 Å². The summed E-state index contributed by atoms with van der Waals surface area (Å²) in [5.41, 5.74) is 1.81. The van der Waals surface area contributed by atoms with Crippen molar-refractivity contribution < 1.29 is 0 Å². The standard InChI is InChI=1S/C15H13BrN2OS/c1-18-13-5-3-2-4-10(13)12(8-15(18)19)17-9-14-11(16)6-7-20-14/h2-8,17H,9H2,1H3. The van der Waals surface area contributed by atoms with Crippen LogP contribution in [-0.4, -0.2) is 4.57 Å². The number of anilines is 1. The molecule has 2 heterocycles. The van der Waals surface area contributed by atoms with Crippen LogP contribution >= 0.6 is 27.3 Å². The number of nitrogens with zero attached hydrogens (tertiary/aromatic N) is 1. The second-order valence-corrected chi connectivity index (χ2v) is 6.37. The number of rotatable bonds is 3. The van der Waals surface area contributed by atoms with Crippen molar-refractivity contribution in [2.75, 3.05) is 5.32 Å². The van der Waals surface area contributed by atoms with Crippen LogP contribution in [0.5, 0.6) is 0 Å². The Morgan fingerprint density at radius 2 is 2.10 bits per heavy atom. The van der Waals surface area contributed by atoms with Gasteiger partial charge in [0.2, 0.25) is 0 Å². The largest absolute Gasteiger partial charge is 0.379 e. The molecule has 0 radical (unpaired) electrons. The Balaban J connectivity index is 2.01. The molecule has 0 bridgehead atoms. The zero-order valence-electron chi connectivity index (χ0n) is 10.9. The fraction of sp³-hybridized carbons (Fsp3) is 0.133. The molecule has 0 spiro atoms. The predicted molar refractivity (Wildman–Crippen MR) is 88.5 cm³/mol. The molecule has 0 aliphatic carbocycles. The summed E-state index contributed by atoms with van der Waals surface area (Å²) in [6.07, 6.45) is 0. The van der Waals surface area contributed by atoms with E-state index in [0.29, 0.717) is 6.54 Å². The summed E-state index contributed by atoms with van der Waals surface area (Å²) in [6, 6.07) is 11.6. The quantitative estimate of drug-likeness (QED) is 0.776. The van der Waals surface area contributed by atoms with Crippen LogP contribution in [0.3, 0.4) is 0 Å². The summed E-state index contributed by atoms with van der Waals surface area (Å²) in [6.45, 7) is 0.704. The van der Waals surface area contributed by atoms with E-state index in [9.17, 15) is 4.79 Å². The molecule has 0 saturated carbocycles. The minimum Gasteiger partial charge on any atom is -0.379 e. The van der Waals surface area contributed by atoms with Gasteiger partial charge in [0.05, 0.1) is 12.1 Å². The van der Waals surface area contributed by atoms with Gasteiger partial charge in [-0.05, 0) is 33.4 Å². The molecule has 20 heavy (non-hydrogen) atoms. The normalized spacial score (nSPS) is 10.9. The first-order valence-corrected chi connectivity index (χ1v) is 7.88. The lowest BCUT2D eigenvalue weighted by molar-refractivity contribution is 0.906. The van der Waals surface area contributed by atoms with Crippen LogP contribution in [0.2, 0.25) is 0 Å². The lowest BCUT2D eigenvalue weighted by atomic mass is 10.2. The lowest BCUT2D eigenvalue weighted by Gasteiger charge is -2.11. The number of nitrogens with one attached hydrogen (secondary N) is 1. The highest BCUT2D eigenvalue weighted by Crippen LogP contribution is 2.25. The minimum atomic E-state index is -0.00329. The number of hydrogen-bond acceptors (Lipinski definition) is 3. The van der Waals surface area contributed by atoms with Crippen molar-refractivity contribution in [2.45, 2.75) is 6.54 Å². The third-order valence-corrected chi connectivity index (χ3v) is 5.21. The van der Waals surface area contributed by atoms with Crippen LogP contribution in [0, 0.1) is 0 Å². The van der Waals surface area contributed by atoms with Crippen molar-refractivity contribution in [3.8, 4) is 0 Å². The van der Waals surface area contributed by atoms with Gasteiger partial charge in [0.1, 0.15) is 0 Å². The molecule has 0 amide bonds. The molecule has 0 fully saturated rings. The molecule has 0 unspecified atom stereocenters. The first kappa shape index (κ1) is 13.4. The molecular formula is C15H13BrN2OS. The van der Waals surface area contributed by atoms with Gasteiger partial charge in [0.25, 0.3) is 5.56 Å². The van der Waals surface area contributed by atoms with Gasteiger partial charge in [-0.3, -0.25) is 4.79 Å². The van der Waals surface area contributed by atoms with E-state index in [1.54, 1.807) is 29.0 Å². The number of para-hydroxylation sites is 1. The van der Waals surface area contributed by atoms with Crippen molar-refractivity contribution in [1.29, 1.82) is 0 Å². The maximum absolute atomic E-state index is 12.0. The van der Waals surface area contributed by atoms with Crippen molar-refractivity contribution in [1.82, 2.24) is 4.57 Å². The first-order valence-electron chi connectivity index (χ1n) is 6.21. The van der Waals surface area contributed by atoms with Crippen molar-refractivity contribution in [3.63, 3.8) is 0 Å². The average Bonchev–Trinajstić information content (AvgIpc) is 2.87. The topological polar surface area (TPSA) is 34.0 Å². The zero-order valence-corrected chi connectivity index (χ0v) is 13.3. The SMILES string of the molecule is Cn1c(=O)cc(NCc2sccc2Br)c2ccccc21. The zero-order chi connectivity index (χ0) is 14.1.